The smallest absolute Gasteiger partial charge is 0.278 e. The zero-order chi connectivity index (χ0) is 14.6. The standard InChI is InChI=1S/C12H16N2O5/c1-12(2,3)19-13-11(15)9-7-8(14(16)17)5-6-10(9)18-4/h5-7H,1-4H3,(H,13,15). The Hall–Kier alpha value is -2.15. The summed E-state index contributed by atoms with van der Waals surface area (Å²) < 4.78 is 4.99. The van der Waals surface area contributed by atoms with Gasteiger partial charge >= 0.3 is 0 Å². The molecule has 1 aromatic rings. The molecule has 7 nitrogen and oxygen atoms in total. The predicted molar refractivity (Wildman–Crippen MR) is 68.0 cm³/mol. The van der Waals surface area contributed by atoms with E-state index >= 15 is 0 Å². The quantitative estimate of drug-likeness (QED) is 0.666. The highest BCUT2D eigenvalue weighted by atomic mass is 16.7. The van der Waals surface area contributed by atoms with E-state index in [0.29, 0.717) is 0 Å². The Morgan fingerprint density at radius 3 is 2.47 bits per heavy atom. The molecule has 0 atom stereocenters. The van der Waals surface area contributed by atoms with Gasteiger partial charge in [0.1, 0.15) is 5.75 Å². The van der Waals surface area contributed by atoms with Crippen LogP contribution in [0.25, 0.3) is 0 Å². The fourth-order valence-corrected chi connectivity index (χ4v) is 1.24. The first-order valence-electron chi connectivity index (χ1n) is 5.55. The van der Waals surface area contributed by atoms with Crippen molar-refractivity contribution in [2.24, 2.45) is 0 Å². The first-order chi connectivity index (χ1) is 8.74. The Morgan fingerprint density at radius 1 is 1.37 bits per heavy atom. The number of carbonyl (C=O) groups excluding carboxylic acids is 1. The molecular weight excluding hydrogens is 252 g/mol. The normalized spacial score (nSPS) is 10.9. The largest absolute Gasteiger partial charge is 0.496 e. The van der Waals surface area contributed by atoms with Crippen LogP contribution in [0.3, 0.4) is 0 Å². The lowest BCUT2D eigenvalue weighted by molar-refractivity contribution is -0.384. The molecule has 0 heterocycles. The molecule has 0 aliphatic carbocycles. The molecule has 0 aliphatic rings. The van der Waals surface area contributed by atoms with E-state index in [0.717, 1.165) is 6.07 Å². The third kappa shape index (κ3) is 4.22. The summed E-state index contributed by atoms with van der Waals surface area (Å²) in [6.45, 7) is 5.29. The van der Waals surface area contributed by atoms with Gasteiger partial charge in [-0.25, -0.2) is 5.48 Å². The Labute approximate surface area is 110 Å². The van der Waals surface area contributed by atoms with E-state index in [9.17, 15) is 14.9 Å². The molecule has 104 valence electrons. The third-order valence-electron chi connectivity index (χ3n) is 2.09. The summed E-state index contributed by atoms with van der Waals surface area (Å²) in [6, 6.07) is 3.77. The van der Waals surface area contributed by atoms with Crippen molar-refractivity contribution >= 4 is 11.6 Å². The predicted octanol–water partition coefficient (Wildman–Crippen LogP) is 2.06. The van der Waals surface area contributed by atoms with Crippen molar-refractivity contribution in [2.45, 2.75) is 26.4 Å². The van der Waals surface area contributed by atoms with Crippen LogP contribution in [0.4, 0.5) is 5.69 Å². The van der Waals surface area contributed by atoms with Gasteiger partial charge in [-0.3, -0.25) is 19.7 Å². The number of nitrogens with one attached hydrogen (secondary N) is 1. The van der Waals surface area contributed by atoms with Crippen LogP contribution in [-0.2, 0) is 4.84 Å². The van der Waals surface area contributed by atoms with Crippen LogP contribution in [0.15, 0.2) is 18.2 Å². The highest BCUT2D eigenvalue weighted by Gasteiger charge is 2.19. The van der Waals surface area contributed by atoms with Crippen LogP contribution < -0.4 is 10.2 Å². The van der Waals surface area contributed by atoms with E-state index < -0.39 is 16.4 Å². The van der Waals surface area contributed by atoms with E-state index in [1.807, 2.05) is 0 Å². The number of nitrogens with zero attached hydrogens (tertiary/aromatic N) is 1. The minimum atomic E-state index is -0.601. The summed E-state index contributed by atoms with van der Waals surface area (Å²) in [6.07, 6.45) is 0. The van der Waals surface area contributed by atoms with Gasteiger partial charge in [-0.2, -0.15) is 0 Å². The number of hydrogen-bond donors (Lipinski definition) is 1. The second kappa shape index (κ2) is 5.66. The number of hydroxylamine groups is 1. The van der Waals surface area contributed by atoms with Gasteiger partial charge in [-0.1, -0.05) is 0 Å². The number of rotatable bonds is 4. The van der Waals surface area contributed by atoms with Crippen molar-refractivity contribution in [2.75, 3.05) is 7.11 Å². The monoisotopic (exact) mass is 268 g/mol. The van der Waals surface area contributed by atoms with Gasteiger partial charge in [-0.15, -0.1) is 0 Å². The molecule has 1 N–H and O–H groups in total. The fourth-order valence-electron chi connectivity index (χ4n) is 1.24. The van der Waals surface area contributed by atoms with Crippen molar-refractivity contribution in [1.29, 1.82) is 0 Å². The number of hydrogen-bond acceptors (Lipinski definition) is 5. The van der Waals surface area contributed by atoms with Crippen LogP contribution in [0.5, 0.6) is 5.75 Å². The van der Waals surface area contributed by atoms with E-state index in [1.165, 1.54) is 19.2 Å². The molecule has 1 amide bonds. The summed E-state index contributed by atoms with van der Waals surface area (Å²) in [5.74, 6) is -0.365. The molecule has 0 radical (unpaired) electrons. The number of benzene rings is 1. The lowest BCUT2D eigenvalue weighted by Crippen LogP contribution is -2.33. The van der Waals surface area contributed by atoms with Gasteiger partial charge in [0.15, 0.2) is 0 Å². The summed E-state index contributed by atoms with van der Waals surface area (Å²) in [4.78, 5) is 27.1. The number of amides is 1. The van der Waals surface area contributed by atoms with Crippen molar-refractivity contribution in [3.63, 3.8) is 0 Å². The van der Waals surface area contributed by atoms with Crippen LogP contribution in [-0.4, -0.2) is 23.5 Å². The Kier molecular flexibility index (Phi) is 4.44. The molecule has 19 heavy (non-hydrogen) atoms. The summed E-state index contributed by atoms with van der Waals surface area (Å²) >= 11 is 0. The summed E-state index contributed by atoms with van der Waals surface area (Å²) in [5.41, 5.74) is 1.52. The number of ether oxygens (including phenoxy) is 1. The maximum Gasteiger partial charge on any atom is 0.278 e. The first-order valence-corrected chi connectivity index (χ1v) is 5.55. The number of nitro groups is 1. The maximum absolute atomic E-state index is 11.9. The minimum absolute atomic E-state index is 0.0425. The molecule has 0 unspecified atom stereocenters. The Bertz CT molecular complexity index is 493. The highest BCUT2D eigenvalue weighted by molar-refractivity contribution is 5.97. The maximum atomic E-state index is 11.9. The zero-order valence-electron chi connectivity index (χ0n) is 11.2. The van der Waals surface area contributed by atoms with Crippen molar-refractivity contribution in [3.05, 3.63) is 33.9 Å². The molecule has 0 aliphatic heterocycles. The average Bonchev–Trinajstić information content (AvgIpc) is 2.34. The minimum Gasteiger partial charge on any atom is -0.496 e. The molecule has 0 saturated carbocycles. The van der Waals surface area contributed by atoms with Crippen LogP contribution in [0.1, 0.15) is 31.1 Å². The molecule has 0 aromatic heterocycles. The zero-order valence-corrected chi connectivity index (χ0v) is 11.2. The Balaban J connectivity index is 2.99. The Morgan fingerprint density at radius 2 is 2.00 bits per heavy atom. The van der Waals surface area contributed by atoms with Gasteiger partial charge in [-0.05, 0) is 26.8 Å². The number of nitro benzene ring substituents is 1. The lowest BCUT2D eigenvalue weighted by atomic mass is 10.1. The third-order valence-corrected chi connectivity index (χ3v) is 2.09. The van der Waals surface area contributed by atoms with Gasteiger partial charge in [0.05, 0.1) is 23.2 Å². The molecule has 0 bridgehead atoms. The molecule has 1 aromatic carbocycles. The van der Waals surface area contributed by atoms with E-state index in [1.54, 1.807) is 20.8 Å². The van der Waals surface area contributed by atoms with Crippen molar-refractivity contribution < 1.29 is 19.3 Å². The van der Waals surface area contributed by atoms with Crippen LogP contribution in [0, 0.1) is 10.1 Å². The second-order valence-electron chi connectivity index (χ2n) is 4.79. The second-order valence-corrected chi connectivity index (χ2v) is 4.79. The summed E-state index contributed by atoms with van der Waals surface area (Å²) in [5, 5.41) is 10.7. The number of non-ortho nitro benzene ring substituents is 1. The lowest BCUT2D eigenvalue weighted by Gasteiger charge is -2.19. The first kappa shape index (κ1) is 14.9. The summed E-state index contributed by atoms with van der Waals surface area (Å²) in [7, 11) is 1.38. The van der Waals surface area contributed by atoms with Crippen molar-refractivity contribution in [3.8, 4) is 5.75 Å². The molecule has 0 saturated heterocycles. The van der Waals surface area contributed by atoms with Gasteiger partial charge in [0.25, 0.3) is 11.6 Å². The number of carbonyl (C=O) groups is 1. The molecule has 0 fully saturated rings. The molecule has 1 rings (SSSR count). The molecule has 7 heteroatoms. The molecule has 0 spiro atoms. The molecular formula is C12H16N2O5. The van der Waals surface area contributed by atoms with Gasteiger partial charge in [0.2, 0.25) is 0 Å². The SMILES string of the molecule is COc1ccc([N+](=O)[O-])cc1C(=O)NOC(C)(C)C. The topological polar surface area (TPSA) is 90.7 Å². The van der Waals surface area contributed by atoms with Gasteiger partial charge < -0.3 is 4.74 Å². The van der Waals surface area contributed by atoms with Crippen molar-refractivity contribution in [1.82, 2.24) is 5.48 Å². The fraction of sp³-hybridized carbons (Fsp3) is 0.417. The van der Waals surface area contributed by atoms with Crippen LogP contribution in [0.2, 0.25) is 0 Å². The van der Waals surface area contributed by atoms with Gasteiger partial charge in [0, 0.05) is 12.1 Å². The highest BCUT2D eigenvalue weighted by Crippen LogP contribution is 2.24. The average molecular weight is 268 g/mol. The van der Waals surface area contributed by atoms with Crippen LogP contribution >= 0.6 is 0 Å². The van der Waals surface area contributed by atoms with E-state index in [-0.39, 0.29) is 17.0 Å². The van der Waals surface area contributed by atoms with E-state index in [2.05, 4.69) is 5.48 Å². The van der Waals surface area contributed by atoms with E-state index in [4.69, 9.17) is 9.57 Å². The number of methoxy groups -OCH3 is 1.